The smallest absolute Gasteiger partial charge is 0.263 e. The molecule has 0 saturated carbocycles. The molecule has 154 valence electrons. The highest BCUT2D eigenvalue weighted by molar-refractivity contribution is 7.92. The number of aromatic nitrogens is 1. The van der Waals surface area contributed by atoms with Gasteiger partial charge >= 0.3 is 0 Å². The van der Waals surface area contributed by atoms with Crippen molar-refractivity contribution in [1.29, 1.82) is 0 Å². The van der Waals surface area contributed by atoms with Crippen LogP contribution in [0.25, 0.3) is 0 Å². The number of carbonyl (C=O) groups is 1. The van der Waals surface area contributed by atoms with E-state index in [2.05, 4.69) is 10.3 Å². The topological polar surface area (TPSA) is 88.6 Å². The van der Waals surface area contributed by atoms with Crippen LogP contribution in [0.4, 0.5) is 5.69 Å². The Bertz CT molecular complexity index is 1120. The summed E-state index contributed by atoms with van der Waals surface area (Å²) in [6.45, 7) is 0.137. The maximum atomic E-state index is 13.2. The van der Waals surface area contributed by atoms with Crippen molar-refractivity contribution in [2.75, 3.05) is 10.8 Å². The fourth-order valence-electron chi connectivity index (χ4n) is 3.26. The van der Waals surface area contributed by atoms with Gasteiger partial charge in [-0.05, 0) is 29.8 Å². The first-order valence-corrected chi connectivity index (χ1v) is 11.1. The molecule has 1 aliphatic rings. The van der Waals surface area contributed by atoms with E-state index in [-0.39, 0.29) is 18.8 Å². The average Bonchev–Trinajstić information content (AvgIpc) is 2.77. The van der Waals surface area contributed by atoms with Crippen molar-refractivity contribution in [3.63, 3.8) is 0 Å². The molecule has 0 saturated heterocycles. The van der Waals surface area contributed by atoms with E-state index in [1.165, 1.54) is 4.31 Å². The Hall–Kier alpha value is -3.39. The monoisotopic (exact) mass is 423 g/mol. The second-order valence-electron chi connectivity index (χ2n) is 6.89. The molecule has 0 radical (unpaired) electrons. The van der Waals surface area contributed by atoms with Gasteiger partial charge in [-0.15, -0.1) is 0 Å². The van der Waals surface area contributed by atoms with Gasteiger partial charge in [0, 0.05) is 6.20 Å². The van der Waals surface area contributed by atoms with Crippen molar-refractivity contribution in [1.82, 2.24) is 10.3 Å². The molecular weight excluding hydrogens is 402 g/mol. The molecular formula is C22H21N3O4S. The van der Waals surface area contributed by atoms with Crippen LogP contribution in [-0.4, -0.2) is 32.0 Å². The number of para-hydroxylation sites is 2. The Balaban J connectivity index is 1.55. The highest BCUT2D eigenvalue weighted by atomic mass is 32.2. The highest BCUT2D eigenvalue weighted by Gasteiger charge is 2.36. The molecule has 8 heteroatoms. The van der Waals surface area contributed by atoms with Gasteiger partial charge in [-0.1, -0.05) is 48.5 Å². The van der Waals surface area contributed by atoms with E-state index in [4.69, 9.17) is 4.74 Å². The molecule has 1 amide bonds. The standard InChI is InChI=1S/C22H21N3O4S/c26-22(24-14-18-10-6-7-13-23-18)21-15-25(19-11-4-5-12-20(19)29-21)30(27,28)16-17-8-2-1-3-9-17/h1-13,21H,14-16H2,(H,24,26)/t21-/m0/s1. The van der Waals surface area contributed by atoms with Crippen LogP contribution >= 0.6 is 0 Å². The molecule has 1 aliphatic heterocycles. The van der Waals surface area contributed by atoms with Crippen LogP contribution in [0, 0.1) is 0 Å². The second kappa shape index (κ2) is 8.54. The lowest BCUT2D eigenvalue weighted by atomic mass is 10.2. The van der Waals surface area contributed by atoms with E-state index in [1.54, 1.807) is 66.9 Å². The van der Waals surface area contributed by atoms with Gasteiger partial charge in [-0.2, -0.15) is 0 Å². The number of rotatable bonds is 6. The number of nitrogens with zero attached hydrogens (tertiary/aromatic N) is 2. The lowest BCUT2D eigenvalue weighted by Crippen LogP contribution is -2.50. The van der Waals surface area contributed by atoms with Gasteiger partial charge in [0.25, 0.3) is 5.91 Å². The predicted octanol–water partition coefficient (Wildman–Crippen LogP) is 2.50. The number of benzene rings is 2. The summed E-state index contributed by atoms with van der Waals surface area (Å²) in [6, 6.07) is 21.2. The van der Waals surface area contributed by atoms with E-state index in [0.717, 1.165) is 0 Å². The molecule has 3 aromatic rings. The van der Waals surface area contributed by atoms with E-state index < -0.39 is 22.0 Å². The van der Waals surface area contributed by atoms with Crippen LogP contribution in [-0.2, 0) is 27.1 Å². The molecule has 0 aliphatic carbocycles. The highest BCUT2D eigenvalue weighted by Crippen LogP contribution is 2.35. The molecule has 1 atom stereocenters. The second-order valence-corrected chi connectivity index (χ2v) is 8.78. The van der Waals surface area contributed by atoms with Gasteiger partial charge in [0.05, 0.1) is 30.2 Å². The summed E-state index contributed by atoms with van der Waals surface area (Å²) in [7, 11) is -3.72. The average molecular weight is 423 g/mol. The van der Waals surface area contributed by atoms with Crippen molar-refractivity contribution >= 4 is 21.6 Å². The molecule has 2 aromatic carbocycles. The first-order chi connectivity index (χ1) is 14.5. The zero-order valence-electron chi connectivity index (χ0n) is 16.1. The normalized spacial score (nSPS) is 15.7. The van der Waals surface area contributed by atoms with E-state index >= 15 is 0 Å². The van der Waals surface area contributed by atoms with Crippen LogP contribution in [0.15, 0.2) is 79.0 Å². The van der Waals surface area contributed by atoms with E-state index in [9.17, 15) is 13.2 Å². The number of pyridine rings is 1. The minimum atomic E-state index is -3.72. The Morgan fingerprint density at radius 1 is 1.03 bits per heavy atom. The van der Waals surface area contributed by atoms with Crippen molar-refractivity contribution < 1.29 is 17.9 Å². The third-order valence-corrected chi connectivity index (χ3v) is 6.44. The largest absolute Gasteiger partial charge is 0.476 e. The first-order valence-electron chi connectivity index (χ1n) is 9.50. The van der Waals surface area contributed by atoms with Gasteiger partial charge in [-0.3, -0.25) is 14.1 Å². The number of fused-ring (bicyclic) bond motifs is 1. The lowest BCUT2D eigenvalue weighted by Gasteiger charge is -2.34. The van der Waals surface area contributed by atoms with Gasteiger partial charge < -0.3 is 10.1 Å². The number of amides is 1. The molecule has 2 heterocycles. The zero-order valence-corrected chi connectivity index (χ0v) is 17.0. The third-order valence-electron chi connectivity index (χ3n) is 4.72. The zero-order chi connectivity index (χ0) is 21.0. The molecule has 30 heavy (non-hydrogen) atoms. The van der Waals surface area contributed by atoms with Gasteiger partial charge in [0.2, 0.25) is 10.0 Å². The fraction of sp³-hybridized carbons (Fsp3) is 0.182. The minimum absolute atomic E-state index is 0.0970. The molecule has 0 bridgehead atoms. The van der Waals surface area contributed by atoms with Crippen LogP contribution in [0.2, 0.25) is 0 Å². The SMILES string of the molecule is O=C(NCc1ccccn1)[C@@H]1CN(S(=O)(=O)Cc2ccccc2)c2ccccc2O1. The molecule has 0 unspecified atom stereocenters. The van der Waals surface area contributed by atoms with Crippen molar-refractivity contribution in [3.05, 3.63) is 90.3 Å². The first kappa shape index (κ1) is 19.9. The maximum absolute atomic E-state index is 13.2. The van der Waals surface area contributed by atoms with Crippen molar-refractivity contribution in [2.45, 2.75) is 18.4 Å². The molecule has 4 rings (SSSR count). The maximum Gasteiger partial charge on any atom is 0.263 e. The molecule has 0 fully saturated rings. The van der Waals surface area contributed by atoms with Crippen LogP contribution in [0.1, 0.15) is 11.3 Å². The van der Waals surface area contributed by atoms with Gasteiger partial charge in [-0.25, -0.2) is 8.42 Å². The predicted molar refractivity (Wildman–Crippen MR) is 113 cm³/mol. The lowest BCUT2D eigenvalue weighted by molar-refractivity contribution is -0.127. The number of carbonyl (C=O) groups excluding carboxylic acids is 1. The quantitative estimate of drug-likeness (QED) is 0.658. The Morgan fingerprint density at radius 2 is 1.77 bits per heavy atom. The van der Waals surface area contributed by atoms with E-state index in [1.807, 2.05) is 12.1 Å². The molecule has 7 nitrogen and oxygen atoms in total. The number of sulfonamides is 1. The summed E-state index contributed by atoms with van der Waals surface area (Å²) in [5, 5.41) is 2.77. The Kier molecular flexibility index (Phi) is 5.67. The van der Waals surface area contributed by atoms with Crippen LogP contribution < -0.4 is 14.4 Å². The summed E-state index contributed by atoms with van der Waals surface area (Å²) in [4.78, 5) is 16.9. The summed E-state index contributed by atoms with van der Waals surface area (Å²) in [5.74, 6) is -0.196. The number of ether oxygens (including phenoxy) is 1. The van der Waals surface area contributed by atoms with Gasteiger partial charge in [0.1, 0.15) is 5.75 Å². The molecule has 1 aromatic heterocycles. The number of hydrogen-bond acceptors (Lipinski definition) is 5. The van der Waals surface area contributed by atoms with Gasteiger partial charge in [0.15, 0.2) is 6.10 Å². The summed E-state index contributed by atoms with van der Waals surface area (Å²) in [6.07, 6.45) is 0.682. The number of anilines is 1. The fourth-order valence-corrected chi connectivity index (χ4v) is 4.84. The number of nitrogens with one attached hydrogen (secondary N) is 1. The Labute approximate surface area is 175 Å². The Morgan fingerprint density at radius 3 is 2.53 bits per heavy atom. The molecule has 1 N–H and O–H groups in total. The van der Waals surface area contributed by atoms with Crippen molar-refractivity contribution in [2.24, 2.45) is 0 Å². The van der Waals surface area contributed by atoms with E-state index in [0.29, 0.717) is 22.7 Å². The third kappa shape index (κ3) is 4.44. The van der Waals surface area contributed by atoms with Crippen LogP contribution in [0.3, 0.4) is 0 Å². The minimum Gasteiger partial charge on any atom is -0.476 e. The summed E-state index contributed by atoms with van der Waals surface area (Å²) >= 11 is 0. The summed E-state index contributed by atoms with van der Waals surface area (Å²) < 4.78 is 33.5. The number of hydrogen-bond donors (Lipinski definition) is 1. The molecule has 0 spiro atoms. The van der Waals surface area contributed by atoms with Crippen molar-refractivity contribution in [3.8, 4) is 5.75 Å². The summed E-state index contributed by atoms with van der Waals surface area (Å²) in [5.41, 5.74) is 1.82. The van der Waals surface area contributed by atoms with Crippen LogP contribution in [0.5, 0.6) is 5.75 Å².